The Labute approximate surface area is 191 Å². The number of hydrogen-bond acceptors (Lipinski definition) is 5. The second-order valence-electron chi connectivity index (χ2n) is 9.23. The first kappa shape index (κ1) is 28.6. The molecule has 0 amide bonds. The molecule has 0 saturated carbocycles. The average Bonchev–Trinajstić information content (AvgIpc) is 2.77. The van der Waals surface area contributed by atoms with Crippen LogP contribution in [0.5, 0.6) is 0 Å². The molecule has 184 valence electrons. The molecule has 1 aliphatic rings. The lowest BCUT2D eigenvalue weighted by Crippen LogP contribution is -2.54. The molecule has 31 heavy (non-hydrogen) atoms. The molecule has 0 unspecified atom stereocenters. The second-order valence-corrected chi connectivity index (χ2v) is 9.23. The van der Waals surface area contributed by atoms with Gasteiger partial charge in [0, 0.05) is 6.61 Å². The number of rotatable bonds is 21. The summed E-state index contributed by atoms with van der Waals surface area (Å²) in [5.74, 6) is 0. The standard InChI is InChI=1S/C26H50O5/c1-2-3-4-5-6-7-8-9-10-11-12-13-14-15-16-17-18-19-20-30-22-24-26(29)25(28)23(27)21-31-24/h2,23-29H,1,3-22H2/t23-,24+,25+,26+/m1/s1. The molecular weight excluding hydrogens is 392 g/mol. The summed E-state index contributed by atoms with van der Waals surface area (Å²) in [6.45, 7) is 4.73. The summed E-state index contributed by atoms with van der Waals surface area (Å²) in [5, 5.41) is 28.9. The minimum Gasteiger partial charge on any atom is -0.388 e. The lowest BCUT2D eigenvalue weighted by Gasteiger charge is -2.35. The quantitative estimate of drug-likeness (QED) is 0.166. The highest BCUT2D eigenvalue weighted by atomic mass is 16.6. The van der Waals surface area contributed by atoms with Crippen molar-refractivity contribution < 1.29 is 24.8 Å². The topological polar surface area (TPSA) is 79.2 Å². The van der Waals surface area contributed by atoms with Crippen molar-refractivity contribution in [2.24, 2.45) is 0 Å². The van der Waals surface area contributed by atoms with Gasteiger partial charge in [-0.3, -0.25) is 0 Å². The van der Waals surface area contributed by atoms with E-state index in [1.165, 1.54) is 103 Å². The third-order valence-electron chi connectivity index (χ3n) is 6.34. The number of aliphatic hydroxyl groups excluding tert-OH is 3. The molecule has 1 rings (SSSR count). The highest BCUT2D eigenvalue weighted by molar-refractivity contribution is 4.86. The van der Waals surface area contributed by atoms with E-state index in [4.69, 9.17) is 9.47 Å². The first-order chi connectivity index (χ1) is 15.2. The Morgan fingerprint density at radius 2 is 1.13 bits per heavy atom. The van der Waals surface area contributed by atoms with E-state index in [2.05, 4.69) is 6.58 Å². The number of aliphatic hydroxyl groups is 3. The molecule has 4 atom stereocenters. The van der Waals surface area contributed by atoms with Gasteiger partial charge in [0.05, 0.1) is 13.2 Å². The summed E-state index contributed by atoms with van der Waals surface area (Å²) in [6.07, 6.45) is 20.8. The Morgan fingerprint density at radius 1 is 0.677 bits per heavy atom. The summed E-state index contributed by atoms with van der Waals surface area (Å²) in [5.41, 5.74) is 0. The number of unbranched alkanes of at least 4 members (excludes halogenated alkanes) is 16. The van der Waals surface area contributed by atoms with Crippen LogP contribution in [0.4, 0.5) is 0 Å². The van der Waals surface area contributed by atoms with Crippen LogP contribution in [-0.4, -0.2) is 59.6 Å². The molecule has 0 aliphatic carbocycles. The van der Waals surface area contributed by atoms with Gasteiger partial charge in [-0.2, -0.15) is 0 Å². The van der Waals surface area contributed by atoms with E-state index in [0.29, 0.717) is 6.61 Å². The van der Waals surface area contributed by atoms with Crippen molar-refractivity contribution in [2.75, 3.05) is 19.8 Å². The van der Waals surface area contributed by atoms with E-state index >= 15 is 0 Å². The minimum absolute atomic E-state index is 0.0446. The highest BCUT2D eigenvalue weighted by Gasteiger charge is 2.37. The smallest absolute Gasteiger partial charge is 0.111 e. The minimum atomic E-state index is -1.15. The Morgan fingerprint density at radius 3 is 1.61 bits per heavy atom. The van der Waals surface area contributed by atoms with Gasteiger partial charge in [-0.25, -0.2) is 0 Å². The molecule has 1 fully saturated rings. The van der Waals surface area contributed by atoms with Crippen LogP contribution >= 0.6 is 0 Å². The van der Waals surface area contributed by atoms with Crippen LogP contribution in [0.25, 0.3) is 0 Å². The van der Waals surface area contributed by atoms with Gasteiger partial charge < -0.3 is 24.8 Å². The van der Waals surface area contributed by atoms with Crippen LogP contribution in [0.1, 0.15) is 109 Å². The van der Waals surface area contributed by atoms with Crippen molar-refractivity contribution in [1.82, 2.24) is 0 Å². The van der Waals surface area contributed by atoms with Crippen LogP contribution in [0.2, 0.25) is 0 Å². The lowest BCUT2D eigenvalue weighted by molar-refractivity contribution is -0.199. The van der Waals surface area contributed by atoms with Crippen LogP contribution in [0.15, 0.2) is 12.7 Å². The predicted octanol–water partition coefficient (Wildman–Crippen LogP) is 5.30. The van der Waals surface area contributed by atoms with E-state index in [1.54, 1.807) is 0 Å². The van der Waals surface area contributed by atoms with E-state index in [-0.39, 0.29) is 13.2 Å². The molecule has 0 aromatic rings. The molecule has 0 spiro atoms. The van der Waals surface area contributed by atoms with E-state index in [9.17, 15) is 15.3 Å². The predicted molar refractivity (Wildman–Crippen MR) is 127 cm³/mol. The Kier molecular flexibility index (Phi) is 18.6. The van der Waals surface area contributed by atoms with Crippen molar-refractivity contribution in [1.29, 1.82) is 0 Å². The fraction of sp³-hybridized carbons (Fsp3) is 0.923. The van der Waals surface area contributed by atoms with Gasteiger partial charge in [-0.05, 0) is 19.3 Å². The Bertz CT molecular complexity index is 403. The maximum atomic E-state index is 9.85. The third kappa shape index (κ3) is 15.1. The molecule has 3 N–H and O–H groups in total. The van der Waals surface area contributed by atoms with Gasteiger partial charge in [0.25, 0.3) is 0 Å². The third-order valence-corrected chi connectivity index (χ3v) is 6.34. The Hall–Kier alpha value is -0.460. The van der Waals surface area contributed by atoms with E-state index in [1.807, 2.05) is 6.08 Å². The van der Waals surface area contributed by atoms with Crippen molar-refractivity contribution >= 4 is 0 Å². The van der Waals surface area contributed by atoms with E-state index < -0.39 is 24.4 Å². The molecule has 5 nitrogen and oxygen atoms in total. The summed E-state index contributed by atoms with van der Waals surface area (Å²) in [7, 11) is 0. The molecule has 5 heteroatoms. The van der Waals surface area contributed by atoms with Crippen molar-refractivity contribution in [2.45, 2.75) is 134 Å². The van der Waals surface area contributed by atoms with E-state index in [0.717, 1.165) is 6.42 Å². The summed E-state index contributed by atoms with van der Waals surface area (Å²) < 4.78 is 10.9. The maximum Gasteiger partial charge on any atom is 0.111 e. The van der Waals surface area contributed by atoms with Crippen LogP contribution in [0, 0.1) is 0 Å². The maximum absolute atomic E-state index is 9.85. The molecule has 1 heterocycles. The van der Waals surface area contributed by atoms with Gasteiger partial charge in [0.15, 0.2) is 0 Å². The SMILES string of the molecule is C=CCCCCCCCCCCCCCCCCCCOC[C@@H]1OC[C@@H](O)[C@H](O)[C@H]1O. The number of hydrogen-bond donors (Lipinski definition) is 3. The van der Waals surface area contributed by atoms with Gasteiger partial charge in [-0.15, -0.1) is 6.58 Å². The second kappa shape index (κ2) is 20.2. The van der Waals surface area contributed by atoms with Crippen molar-refractivity contribution in [3.05, 3.63) is 12.7 Å². The lowest BCUT2D eigenvalue weighted by atomic mass is 10.0. The average molecular weight is 443 g/mol. The summed E-state index contributed by atoms with van der Waals surface area (Å²) in [4.78, 5) is 0. The van der Waals surface area contributed by atoms with Crippen LogP contribution in [0.3, 0.4) is 0 Å². The molecular formula is C26H50O5. The van der Waals surface area contributed by atoms with Crippen LogP contribution < -0.4 is 0 Å². The normalized spacial score (nSPS) is 23.8. The van der Waals surface area contributed by atoms with Crippen molar-refractivity contribution in [3.8, 4) is 0 Å². The van der Waals surface area contributed by atoms with Gasteiger partial charge in [-0.1, -0.05) is 96.0 Å². The first-order valence-corrected chi connectivity index (χ1v) is 13.0. The highest BCUT2D eigenvalue weighted by Crippen LogP contribution is 2.17. The fourth-order valence-corrected chi connectivity index (χ4v) is 4.18. The Balaban J connectivity index is 1.73. The molecule has 0 aromatic heterocycles. The molecule has 1 aliphatic heterocycles. The van der Waals surface area contributed by atoms with Gasteiger partial charge >= 0.3 is 0 Å². The van der Waals surface area contributed by atoms with Gasteiger partial charge in [0.2, 0.25) is 0 Å². The van der Waals surface area contributed by atoms with Crippen molar-refractivity contribution in [3.63, 3.8) is 0 Å². The zero-order valence-corrected chi connectivity index (χ0v) is 19.9. The fourth-order valence-electron chi connectivity index (χ4n) is 4.18. The zero-order valence-electron chi connectivity index (χ0n) is 19.9. The monoisotopic (exact) mass is 442 g/mol. The van der Waals surface area contributed by atoms with Gasteiger partial charge in [0.1, 0.15) is 24.4 Å². The molecule has 0 aromatic carbocycles. The molecule has 0 radical (unpaired) electrons. The molecule has 1 saturated heterocycles. The first-order valence-electron chi connectivity index (χ1n) is 13.0. The molecule has 0 bridgehead atoms. The number of ether oxygens (including phenoxy) is 2. The largest absolute Gasteiger partial charge is 0.388 e. The van der Waals surface area contributed by atoms with Crippen LogP contribution in [-0.2, 0) is 9.47 Å². The summed E-state index contributed by atoms with van der Waals surface area (Å²) in [6, 6.07) is 0. The zero-order chi connectivity index (χ0) is 22.6. The number of allylic oxidation sites excluding steroid dienone is 1. The summed E-state index contributed by atoms with van der Waals surface area (Å²) >= 11 is 0.